The van der Waals surface area contributed by atoms with Crippen LogP contribution in [0.15, 0.2) is 36.7 Å². The van der Waals surface area contributed by atoms with Crippen LogP contribution in [-0.4, -0.2) is 39.4 Å². The first-order valence-corrected chi connectivity index (χ1v) is 13.5. The molecule has 2 aliphatic carbocycles. The molecule has 37 heavy (non-hydrogen) atoms. The Balaban J connectivity index is 1.21. The summed E-state index contributed by atoms with van der Waals surface area (Å²) in [4.78, 5) is 33.0. The summed E-state index contributed by atoms with van der Waals surface area (Å²) >= 11 is 0. The number of anilines is 1. The van der Waals surface area contributed by atoms with Gasteiger partial charge in [0.15, 0.2) is 0 Å². The molecule has 6 rings (SSSR count). The van der Waals surface area contributed by atoms with E-state index in [4.69, 9.17) is 5.26 Å². The van der Waals surface area contributed by atoms with Gasteiger partial charge < -0.3 is 14.8 Å². The highest BCUT2D eigenvalue weighted by atomic mass is 16.2. The molecule has 7 heteroatoms. The quantitative estimate of drug-likeness (QED) is 0.542. The molecule has 0 radical (unpaired) electrons. The van der Waals surface area contributed by atoms with E-state index >= 15 is 0 Å². The average molecular weight is 496 g/mol. The molecule has 190 valence electrons. The summed E-state index contributed by atoms with van der Waals surface area (Å²) in [5.41, 5.74) is 4.71. The number of aryl methyl sites for hydroxylation is 2. The van der Waals surface area contributed by atoms with Crippen molar-refractivity contribution in [3.63, 3.8) is 0 Å². The summed E-state index contributed by atoms with van der Waals surface area (Å²) in [6.45, 7) is 3.65. The normalized spacial score (nSPS) is 23.4. The minimum absolute atomic E-state index is 0.258. The van der Waals surface area contributed by atoms with Gasteiger partial charge in [-0.05, 0) is 86.1 Å². The van der Waals surface area contributed by atoms with Gasteiger partial charge in [0, 0.05) is 43.2 Å². The van der Waals surface area contributed by atoms with Crippen molar-refractivity contribution in [3.05, 3.63) is 58.9 Å². The molecule has 2 unspecified atom stereocenters. The molecule has 3 aromatic rings. The predicted molar refractivity (Wildman–Crippen MR) is 142 cm³/mol. The Kier molecular flexibility index (Phi) is 5.98. The van der Waals surface area contributed by atoms with Gasteiger partial charge in [0.25, 0.3) is 5.91 Å². The van der Waals surface area contributed by atoms with E-state index in [0.717, 1.165) is 54.9 Å². The zero-order valence-corrected chi connectivity index (χ0v) is 21.5. The predicted octanol–water partition coefficient (Wildman–Crippen LogP) is 5.15. The minimum atomic E-state index is -0.258. The van der Waals surface area contributed by atoms with Gasteiger partial charge >= 0.3 is 0 Å². The Morgan fingerprint density at radius 1 is 1.14 bits per heavy atom. The van der Waals surface area contributed by atoms with Crippen LogP contribution in [0.25, 0.3) is 11.0 Å². The van der Waals surface area contributed by atoms with Crippen LogP contribution in [0.5, 0.6) is 0 Å². The Hall–Kier alpha value is -3.66. The topological polar surface area (TPSA) is 91.0 Å². The molecular weight excluding hydrogens is 462 g/mol. The third-order valence-corrected chi connectivity index (χ3v) is 9.08. The molecule has 1 aromatic carbocycles. The lowest BCUT2D eigenvalue weighted by atomic mass is 9.85. The molecule has 3 atom stereocenters. The van der Waals surface area contributed by atoms with E-state index in [0.29, 0.717) is 34.6 Å². The molecule has 2 saturated carbocycles. The van der Waals surface area contributed by atoms with Crippen molar-refractivity contribution in [3.8, 4) is 6.07 Å². The number of piperidine rings is 1. The number of carbonyl (C=O) groups excluding carboxylic acids is 2. The number of hydrogen-bond donors (Lipinski definition) is 1. The molecule has 3 fully saturated rings. The Bertz CT molecular complexity index is 1430. The van der Waals surface area contributed by atoms with E-state index in [-0.39, 0.29) is 11.8 Å². The van der Waals surface area contributed by atoms with Gasteiger partial charge in [-0.3, -0.25) is 9.59 Å². The standard InChI is InChI=1S/C30H33N5O2/c1-18-26(33-29(36)23-5-3-4-20(13-23)15-31)16-32-28-27(18)25(17-34(28)2)21-8-10-35(11-9-21)30(37)24-14-19-6-7-22(24)12-19/h3-5,13,16-17,19,21-22,24H,6-12,14H2,1-2H3,(H,33,36)/t19?,22?,24-/m0/s1. The van der Waals surface area contributed by atoms with Crippen LogP contribution in [0.2, 0.25) is 0 Å². The number of nitrogens with one attached hydrogen (secondary N) is 1. The average Bonchev–Trinajstić information content (AvgIpc) is 3.65. The van der Waals surface area contributed by atoms with Crippen LogP contribution in [0.4, 0.5) is 5.69 Å². The van der Waals surface area contributed by atoms with Gasteiger partial charge in [-0.25, -0.2) is 4.98 Å². The number of carbonyl (C=O) groups is 2. The fraction of sp³-hybridized carbons (Fsp3) is 0.467. The monoisotopic (exact) mass is 495 g/mol. The smallest absolute Gasteiger partial charge is 0.255 e. The maximum atomic E-state index is 13.3. The van der Waals surface area contributed by atoms with Gasteiger partial charge in [0.2, 0.25) is 5.91 Å². The third kappa shape index (κ3) is 4.19. The number of pyridine rings is 1. The van der Waals surface area contributed by atoms with Gasteiger partial charge in [0.05, 0.1) is 23.5 Å². The molecule has 1 aliphatic heterocycles. The number of rotatable bonds is 4. The first-order chi connectivity index (χ1) is 17.9. The number of fused-ring (bicyclic) bond motifs is 3. The Morgan fingerprint density at radius 3 is 2.65 bits per heavy atom. The number of benzene rings is 1. The van der Waals surface area contributed by atoms with Gasteiger partial charge in [-0.15, -0.1) is 0 Å². The summed E-state index contributed by atoms with van der Waals surface area (Å²) in [6.07, 6.45) is 10.7. The summed E-state index contributed by atoms with van der Waals surface area (Å²) in [5.74, 6) is 2.16. The maximum Gasteiger partial charge on any atom is 0.255 e. The zero-order chi connectivity index (χ0) is 25.7. The van der Waals surface area contributed by atoms with Crippen molar-refractivity contribution in [2.75, 3.05) is 18.4 Å². The highest BCUT2D eigenvalue weighted by Gasteiger charge is 2.44. The summed E-state index contributed by atoms with van der Waals surface area (Å²) in [5, 5.41) is 13.3. The van der Waals surface area contributed by atoms with Crippen molar-refractivity contribution >= 4 is 28.5 Å². The molecule has 0 spiro atoms. The number of aromatic nitrogens is 2. The lowest BCUT2D eigenvalue weighted by Crippen LogP contribution is -2.42. The van der Waals surface area contributed by atoms with Crippen molar-refractivity contribution in [2.45, 2.75) is 51.4 Å². The van der Waals surface area contributed by atoms with Crippen molar-refractivity contribution < 1.29 is 9.59 Å². The van der Waals surface area contributed by atoms with Gasteiger partial charge in [-0.1, -0.05) is 12.5 Å². The van der Waals surface area contributed by atoms with Gasteiger partial charge in [-0.2, -0.15) is 5.26 Å². The summed E-state index contributed by atoms with van der Waals surface area (Å²) in [6, 6.07) is 8.78. The van der Waals surface area contributed by atoms with Crippen LogP contribution in [0.3, 0.4) is 0 Å². The molecular formula is C30H33N5O2. The lowest BCUT2D eigenvalue weighted by Gasteiger charge is -2.35. The van der Waals surface area contributed by atoms with E-state index in [9.17, 15) is 9.59 Å². The number of hydrogen-bond acceptors (Lipinski definition) is 4. The van der Waals surface area contributed by atoms with Crippen LogP contribution < -0.4 is 5.32 Å². The number of nitrogens with zero attached hydrogens (tertiary/aromatic N) is 4. The lowest BCUT2D eigenvalue weighted by molar-refractivity contribution is -0.138. The zero-order valence-electron chi connectivity index (χ0n) is 21.5. The molecule has 2 aromatic heterocycles. The molecule has 3 heterocycles. The van der Waals surface area contributed by atoms with Gasteiger partial charge in [0.1, 0.15) is 5.65 Å². The molecule has 1 saturated heterocycles. The van der Waals surface area contributed by atoms with Crippen molar-refractivity contribution in [2.24, 2.45) is 24.8 Å². The van der Waals surface area contributed by atoms with E-state index < -0.39 is 0 Å². The first kappa shape index (κ1) is 23.7. The fourth-order valence-corrected chi connectivity index (χ4v) is 7.09. The fourth-order valence-electron chi connectivity index (χ4n) is 7.09. The molecule has 2 amide bonds. The number of likely N-dealkylation sites (tertiary alicyclic amines) is 1. The highest BCUT2D eigenvalue weighted by Crippen LogP contribution is 2.49. The SMILES string of the molecule is Cc1c(NC(=O)c2cccc(C#N)c2)cnc2c1c(C1CCN(C(=O)[C@H]3CC4CCC3C4)CC1)cn2C. The van der Waals surface area contributed by atoms with E-state index in [2.05, 4.69) is 32.0 Å². The highest BCUT2D eigenvalue weighted by molar-refractivity contribution is 6.06. The largest absolute Gasteiger partial charge is 0.342 e. The summed E-state index contributed by atoms with van der Waals surface area (Å²) in [7, 11) is 2.01. The second-order valence-electron chi connectivity index (χ2n) is 11.2. The van der Waals surface area contributed by atoms with Crippen LogP contribution in [0.1, 0.15) is 71.5 Å². The second-order valence-corrected chi connectivity index (χ2v) is 11.2. The number of nitriles is 1. The molecule has 3 aliphatic rings. The Labute approximate surface area is 217 Å². The van der Waals surface area contributed by atoms with Crippen LogP contribution in [-0.2, 0) is 11.8 Å². The molecule has 1 N–H and O–H groups in total. The molecule has 7 nitrogen and oxygen atoms in total. The Morgan fingerprint density at radius 2 is 1.95 bits per heavy atom. The first-order valence-electron chi connectivity index (χ1n) is 13.5. The minimum Gasteiger partial charge on any atom is -0.342 e. The van der Waals surface area contributed by atoms with Crippen LogP contribution >= 0.6 is 0 Å². The second kappa shape index (κ2) is 9.33. The van der Waals surface area contributed by atoms with E-state index in [1.54, 1.807) is 30.5 Å². The van der Waals surface area contributed by atoms with Crippen LogP contribution in [0, 0.1) is 36.0 Å². The summed E-state index contributed by atoms with van der Waals surface area (Å²) < 4.78 is 2.06. The maximum absolute atomic E-state index is 13.3. The van der Waals surface area contributed by atoms with Crippen molar-refractivity contribution in [1.29, 1.82) is 5.26 Å². The van der Waals surface area contributed by atoms with E-state index in [1.165, 1.54) is 24.8 Å². The molecule has 2 bridgehead atoms. The third-order valence-electron chi connectivity index (χ3n) is 9.08. The van der Waals surface area contributed by atoms with E-state index in [1.807, 2.05) is 14.0 Å². The van der Waals surface area contributed by atoms with Crippen molar-refractivity contribution in [1.82, 2.24) is 14.5 Å². The number of amides is 2.